The largest absolute Gasteiger partial charge is 0.351 e. The summed E-state index contributed by atoms with van der Waals surface area (Å²) in [6.45, 7) is 0. The third-order valence-electron chi connectivity index (χ3n) is 7.88. The molecule has 4 atom stereocenters. The van der Waals surface area contributed by atoms with E-state index in [0.717, 1.165) is 36.1 Å². The summed E-state index contributed by atoms with van der Waals surface area (Å²) >= 11 is 0. The van der Waals surface area contributed by atoms with E-state index in [1.807, 2.05) is 6.20 Å². The molecule has 0 aromatic carbocycles. The molecule has 7 nitrogen and oxygen atoms in total. The average Bonchev–Trinajstić information content (AvgIpc) is 3.46. The Hall–Kier alpha value is -2.18. The highest BCUT2D eigenvalue weighted by molar-refractivity contribution is 6.11. The zero-order valence-electron chi connectivity index (χ0n) is 16.1. The minimum absolute atomic E-state index is 0.162. The Morgan fingerprint density at radius 1 is 1.11 bits per heavy atom. The van der Waals surface area contributed by atoms with Crippen molar-refractivity contribution in [1.82, 2.24) is 15.3 Å². The summed E-state index contributed by atoms with van der Waals surface area (Å²) in [5.74, 6) is 2.83. The van der Waals surface area contributed by atoms with Gasteiger partial charge >= 0.3 is 0 Å². The van der Waals surface area contributed by atoms with Gasteiger partial charge in [0.1, 0.15) is 11.4 Å². The van der Waals surface area contributed by atoms with Crippen LogP contribution in [0.3, 0.4) is 0 Å². The van der Waals surface area contributed by atoms with Crippen molar-refractivity contribution in [3.8, 4) is 0 Å². The minimum atomic E-state index is -0.797. The van der Waals surface area contributed by atoms with Crippen molar-refractivity contribution in [2.24, 2.45) is 11.8 Å². The Bertz CT molecular complexity index is 851. The molecule has 0 radical (unpaired) electrons. The summed E-state index contributed by atoms with van der Waals surface area (Å²) in [4.78, 5) is 36.7. The molecule has 3 heterocycles. The lowest BCUT2D eigenvalue weighted by Gasteiger charge is -2.38. The van der Waals surface area contributed by atoms with Crippen molar-refractivity contribution in [3.63, 3.8) is 0 Å². The second-order valence-corrected chi connectivity index (χ2v) is 9.54. The Labute approximate surface area is 164 Å². The lowest BCUT2D eigenvalue weighted by molar-refractivity contribution is -0.126. The third-order valence-corrected chi connectivity index (χ3v) is 7.88. The van der Waals surface area contributed by atoms with Crippen molar-refractivity contribution in [3.05, 3.63) is 11.8 Å². The molecule has 2 amide bonds. The molecule has 1 saturated heterocycles. The zero-order chi connectivity index (χ0) is 18.9. The normalized spacial score (nSPS) is 36.6. The van der Waals surface area contributed by atoms with E-state index in [2.05, 4.69) is 20.5 Å². The first-order valence-corrected chi connectivity index (χ1v) is 10.9. The van der Waals surface area contributed by atoms with Crippen molar-refractivity contribution in [2.75, 3.05) is 10.2 Å². The van der Waals surface area contributed by atoms with Crippen LogP contribution in [-0.4, -0.2) is 39.4 Å². The number of imide groups is 1. The molecule has 2 bridgehead atoms. The highest BCUT2D eigenvalue weighted by atomic mass is 16.2. The summed E-state index contributed by atoms with van der Waals surface area (Å²) in [5, 5.41) is 6.14. The van der Waals surface area contributed by atoms with Crippen LogP contribution in [-0.2, 0) is 16.0 Å². The van der Waals surface area contributed by atoms with Gasteiger partial charge in [0.2, 0.25) is 11.9 Å². The van der Waals surface area contributed by atoms with E-state index in [1.165, 1.54) is 38.5 Å². The van der Waals surface area contributed by atoms with Crippen LogP contribution in [0.5, 0.6) is 0 Å². The van der Waals surface area contributed by atoms with Crippen LogP contribution in [0.2, 0.25) is 0 Å². The Kier molecular flexibility index (Phi) is 3.53. The maximum absolute atomic E-state index is 12.9. The number of rotatable bonds is 3. The van der Waals surface area contributed by atoms with E-state index in [4.69, 9.17) is 4.98 Å². The number of anilines is 2. The van der Waals surface area contributed by atoms with Crippen LogP contribution in [0.25, 0.3) is 0 Å². The smallest absolute Gasteiger partial charge is 0.253 e. The first-order valence-electron chi connectivity index (χ1n) is 10.9. The van der Waals surface area contributed by atoms with Gasteiger partial charge in [0, 0.05) is 30.3 Å². The number of nitrogens with zero attached hydrogens (tertiary/aromatic N) is 3. The van der Waals surface area contributed by atoms with Gasteiger partial charge in [0.25, 0.3) is 5.91 Å². The van der Waals surface area contributed by atoms with Crippen molar-refractivity contribution < 1.29 is 9.59 Å². The lowest BCUT2D eigenvalue weighted by atomic mass is 9.91. The molecule has 5 aliphatic rings. The maximum Gasteiger partial charge on any atom is 0.253 e. The van der Waals surface area contributed by atoms with Gasteiger partial charge in [-0.15, -0.1) is 0 Å². The highest BCUT2D eigenvalue weighted by Gasteiger charge is 2.58. The number of fused-ring (bicyclic) bond motifs is 3. The average molecular weight is 381 g/mol. The summed E-state index contributed by atoms with van der Waals surface area (Å²) in [6.07, 6.45) is 12.3. The molecule has 2 aliphatic heterocycles. The van der Waals surface area contributed by atoms with Gasteiger partial charge in [-0.1, -0.05) is 19.3 Å². The predicted molar refractivity (Wildman–Crippen MR) is 104 cm³/mol. The van der Waals surface area contributed by atoms with E-state index in [0.29, 0.717) is 18.4 Å². The fourth-order valence-electron chi connectivity index (χ4n) is 6.65. The minimum Gasteiger partial charge on any atom is -0.351 e. The van der Waals surface area contributed by atoms with Crippen LogP contribution < -0.4 is 15.5 Å². The molecule has 1 spiro atoms. The first kappa shape index (κ1) is 16.7. The Morgan fingerprint density at radius 3 is 2.64 bits per heavy atom. The fraction of sp³-hybridized carbons (Fsp3) is 0.714. The van der Waals surface area contributed by atoms with E-state index in [1.54, 1.807) is 0 Å². The second kappa shape index (κ2) is 5.91. The molecular weight excluding hydrogens is 354 g/mol. The van der Waals surface area contributed by atoms with Crippen LogP contribution in [0.1, 0.15) is 63.4 Å². The van der Waals surface area contributed by atoms with Crippen molar-refractivity contribution in [1.29, 1.82) is 0 Å². The summed E-state index contributed by atoms with van der Waals surface area (Å²) in [6, 6.07) is 0.756. The molecule has 3 saturated carbocycles. The van der Waals surface area contributed by atoms with Crippen molar-refractivity contribution >= 4 is 23.6 Å². The molecule has 6 rings (SSSR count). The molecular formula is C21H27N5O2. The Balaban J connectivity index is 1.35. The van der Waals surface area contributed by atoms with E-state index in [9.17, 15) is 9.59 Å². The molecule has 4 unspecified atom stereocenters. The SMILES string of the molecule is O=C1CC2(Cc3cnc(NC4CC5CCC4C5)nc3N2C2CCCC2)C(=O)N1. The number of nitrogens with one attached hydrogen (secondary N) is 2. The van der Waals surface area contributed by atoms with Crippen LogP contribution in [0.15, 0.2) is 6.20 Å². The molecule has 148 valence electrons. The number of amides is 2. The third kappa shape index (κ3) is 2.34. The summed E-state index contributed by atoms with van der Waals surface area (Å²) in [7, 11) is 0. The standard InChI is InChI=1S/C21H27N5O2/c27-17-10-21(19(28)24-17)9-14-11-22-20(23-16-8-12-5-6-13(16)7-12)25-18(14)26(21)15-3-1-2-4-15/h11-13,15-16H,1-10H2,(H,22,23,25)(H,24,27,28). The quantitative estimate of drug-likeness (QED) is 0.781. The topological polar surface area (TPSA) is 87.2 Å². The van der Waals surface area contributed by atoms with Gasteiger partial charge < -0.3 is 10.2 Å². The molecule has 7 heteroatoms. The van der Waals surface area contributed by atoms with Crippen molar-refractivity contribution in [2.45, 2.75) is 81.8 Å². The van der Waals surface area contributed by atoms with Gasteiger partial charge in [-0.3, -0.25) is 14.9 Å². The fourth-order valence-corrected chi connectivity index (χ4v) is 6.65. The molecule has 4 fully saturated rings. The highest BCUT2D eigenvalue weighted by Crippen LogP contribution is 2.47. The van der Waals surface area contributed by atoms with Gasteiger partial charge in [0.15, 0.2) is 0 Å². The number of carbonyl (C=O) groups is 2. The number of hydrogen-bond acceptors (Lipinski definition) is 6. The molecule has 1 aromatic rings. The molecule has 3 aliphatic carbocycles. The molecule has 1 aromatic heterocycles. The summed E-state index contributed by atoms with van der Waals surface area (Å²) < 4.78 is 0. The molecule has 2 N–H and O–H groups in total. The number of hydrogen-bond donors (Lipinski definition) is 2. The first-order chi connectivity index (χ1) is 13.6. The van der Waals surface area contributed by atoms with E-state index < -0.39 is 5.54 Å². The monoisotopic (exact) mass is 381 g/mol. The van der Waals surface area contributed by atoms with E-state index >= 15 is 0 Å². The van der Waals surface area contributed by atoms with Gasteiger partial charge in [-0.05, 0) is 43.9 Å². The van der Waals surface area contributed by atoms with Gasteiger partial charge in [-0.25, -0.2) is 4.98 Å². The number of aromatic nitrogens is 2. The van der Waals surface area contributed by atoms with Crippen LogP contribution in [0.4, 0.5) is 11.8 Å². The van der Waals surface area contributed by atoms with Crippen LogP contribution >= 0.6 is 0 Å². The lowest BCUT2D eigenvalue weighted by Crippen LogP contribution is -2.56. The number of carbonyl (C=O) groups excluding carboxylic acids is 2. The second-order valence-electron chi connectivity index (χ2n) is 9.54. The van der Waals surface area contributed by atoms with Crippen LogP contribution in [0, 0.1) is 11.8 Å². The van der Waals surface area contributed by atoms with Gasteiger partial charge in [-0.2, -0.15) is 4.98 Å². The zero-order valence-corrected chi connectivity index (χ0v) is 16.1. The Morgan fingerprint density at radius 2 is 1.96 bits per heavy atom. The van der Waals surface area contributed by atoms with Gasteiger partial charge in [0.05, 0.1) is 6.42 Å². The maximum atomic E-state index is 12.9. The predicted octanol–water partition coefficient (Wildman–Crippen LogP) is 2.17. The van der Waals surface area contributed by atoms with E-state index in [-0.39, 0.29) is 24.3 Å². The summed E-state index contributed by atoms with van der Waals surface area (Å²) in [5.41, 5.74) is 0.198. The molecule has 28 heavy (non-hydrogen) atoms.